The van der Waals surface area contributed by atoms with Crippen molar-refractivity contribution in [3.8, 4) is 0 Å². The van der Waals surface area contributed by atoms with Gasteiger partial charge in [-0.25, -0.2) is 0 Å². The predicted octanol–water partition coefficient (Wildman–Crippen LogP) is 2.74. The van der Waals surface area contributed by atoms with Crippen LogP contribution in [-0.2, 0) is 0 Å². The van der Waals surface area contributed by atoms with E-state index in [2.05, 4.69) is 30.6 Å². The topological polar surface area (TPSA) is 6.48 Å². The minimum absolute atomic E-state index is 0.448. The van der Waals surface area contributed by atoms with Gasteiger partial charge in [0.25, 0.3) is 0 Å². The van der Waals surface area contributed by atoms with Crippen molar-refractivity contribution in [3.63, 3.8) is 0 Å². The van der Waals surface area contributed by atoms with Gasteiger partial charge in [-0.15, -0.1) is 0 Å². The van der Waals surface area contributed by atoms with E-state index in [1.807, 2.05) is 0 Å². The molecule has 0 amide bonds. The summed E-state index contributed by atoms with van der Waals surface area (Å²) in [4.78, 5) is 5.49. The standard InChI is InChI=1S/C14H28N2/c1-4-14(3,5-2)16-11-10-15-9-7-6-8-13(15)12-16/h13H,4-12H2,1-3H3. The van der Waals surface area contributed by atoms with E-state index in [9.17, 15) is 0 Å². The van der Waals surface area contributed by atoms with Crippen LogP contribution < -0.4 is 0 Å². The fourth-order valence-corrected chi connectivity index (χ4v) is 3.34. The summed E-state index contributed by atoms with van der Waals surface area (Å²) in [6.07, 6.45) is 6.88. The van der Waals surface area contributed by atoms with E-state index in [0.717, 1.165) is 6.04 Å². The van der Waals surface area contributed by atoms with Gasteiger partial charge in [-0.2, -0.15) is 0 Å². The normalized spacial score (nSPS) is 29.1. The number of hydrogen-bond acceptors (Lipinski definition) is 2. The van der Waals surface area contributed by atoms with Gasteiger partial charge in [0.05, 0.1) is 0 Å². The van der Waals surface area contributed by atoms with Crippen LogP contribution in [0.3, 0.4) is 0 Å². The van der Waals surface area contributed by atoms with Crippen LogP contribution >= 0.6 is 0 Å². The Morgan fingerprint density at radius 1 is 1.06 bits per heavy atom. The molecule has 2 aliphatic rings. The molecule has 0 aromatic rings. The molecule has 16 heavy (non-hydrogen) atoms. The van der Waals surface area contributed by atoms with Crippen molar-refractivity contribution in [1.29, 1.82) is 0 Å². The molecule has 0 aliphatic carbocycles. The average Bonchev–Trinajstić information content (AvgIpc) is 2.37. The van der Waals surface area contributed by atoms with Crippen LogP contribution in [0.4, 0.5) is 0 Å². The zero-order chi connectivity index (χ0) is 11.6. The molecule has 2 heterocycles. The lowest BCUT2D eigenvalue weighted by molar-refractivity contribution is -0.0106. The molecule has 2 heteroatoms. The third kappa shape index (κ3) is 2.28. The first-order chi connectivity index (χ1) is 7.69. The summed E-state index contributed by atoms with van der Waals surface area (Å²) in [5.41, 5.74) is 0.448. The minimum atomic E-state index is 0.448. The van der Waals surface area contributed by atoms with E-state index < -0.39 is 0 Å². The van der Waals surface area contributed by atoms with Gasteiger partial charge in [-0.3, -0.25) is 9.80 Å². The summed E-state index contributed by atoms with van der Waals surface area (Å²) in [6.45, 7) is 12.4. The number of fused-ring (bicyclic) bond motifs is 1. The molecule has 2 rings (SSSR count). The maximum Gasteiger partial charge on any atom is 0.0223 e. The lowest BCUT2D eigenvalue weighted by Crippen LogP contribution is -2.60. The Bertz CT molecular complexity index is 223. The number of rotatable bonds is 3. The lowest BCUT2D eigenvalue weighted by atomic mass is 9.89. The highest BCUT2D eigenvalue weighted by molar-refractivity contribution is 4.92. The first-order valence-corrected chi connectivity index (χ1v) is 7.18. The van der Waals surface area contributed by atoms with Crippen LogP contribution in [-0.4, -0.2) is 47.6 Å². The zero-order valence-corrected chi connectivity index (χ0v) is 11.3. The Kier molecular flexibility index (Phi) is 3.91. The highest BCUT2D eigenvalue weighted by atomic mass is 15.3. The lowest BCUT2D eigenvalue weighted by Gasteiger charge is -2.50. The molecule has 0 N–H and O–H groups in total. The molecular formula is C14H28N2. The first-order valence-electron chi connectivity index (χ1n) is 7.18. The third-order valence-corrected chi connectivity index (χ3v) is 5.12. The molecule has 0 bridgehead atoms. The van der Waals surface area contributed by atoms with E-state index in [1.54, 1.807) is 0 Å². The minimum Gasteiger partial charge on any atom is -0.298 e. The van der Waals surface area contributed by atoms with Gasteiger partial charge < -0.3 is 0 Å². The van der Waals surface area contributed by atoms with Gasteiger partial charge in [-0.1, -0.05) is 20.3 Å². The highest BCUT2D eigenvalue weighted by Crippen LogP contribution is 2.29. The summed E-state index contributed by atoms with van der Waals surface area (Å²) >= 11 is 0. The Labute approximate surface area is 101 Å². The maximum absolute atomic E-state index is 2.76. The summed E-state index contributed by atoms with van der Waals surface area (Å²) in [6, 6.07) is 0.861. The Hall–Kier alpha value is -0.0800. The molecule has 2 aliphatic heterocycles. The van der Waals surface area contributed by atoms with Crippen LogP contribution in [0.1, 0.15) is 52.9 Å². The van der Waals surface area contributed by atoms with Gasteiger partial charge in [0.1, 0.15) is 0 Å². The van der Waals surface area contributed by atoms with Crippen molar-refractivity contribution in [2.75, 3.05) is 26.2 Å². The molecule has 0 radical (unpaired) electrons. The van der Waals surface area contributed by atoms with Gasteiger partial charge in [-0.05, 0) is 39.2 Å². The molecule has 2 nitrogen and oxygen atoms in total. The SMILES string of the molecule is CCC(C)(CC)N1CCN2CCCCC2C1. The summed E-state index contributed by atoms with van der Waals surface area (Å²) in [7, 11) is 0. The van der Waals surface area contributed by atoms with E-state index in [1.165, 1.54) is 58.3 Å². The van der Waals surface area contributed by atoms with Crippen molar-refractivity contribution >= 4 is 0 Å². The van der Waals surface area contributed by atoms with Gasteiger partial charge in [0.2, 0.25) is 0 Å². The fourth-order valence-electron chi connectivity index (χ4n) is 3.34. The second-order valence-corrected chi connectivity index (χ2v) is 5.84. The van der Waals surface area contributed by atoms with E-state index in [0.29, 0.717) is 5.54 Å². The predicted molar refractivity (Wildman–Crippen MR) is 69.8 cm³/mol. The summed E-state index contributed by atoms with van der Waals surface area (Å²) in [5.74, 6) is 0. The molecule has 1 unspecified atom stereocenters. The molecule has 1 atom stereocenters. The van der Waals surface area contributed by atoms with E-state index in [4.69, 9.17) is 0 Å². The third-order valence-electron chi connectivity index (χ3n) is 5.12. The monoisotopic (exact) mass is 224 g/mol. The molecule has 0 saturated carbocycles. The first kappa shape index (κ1) is 12.4. The van der Waals surface area contributed by atoms with Crippen LogP contribution in [0.5, 0.6) is 0 Å². The zero-order valence-electron chi connectivity index (χ0n) is 11.3. The molecule has 2 saturated heterocycles. The molecule has 2 fully saturated rings. The molecular weight excluding hydrogens is 196 g/mol. The molecule has 0 aromatic heterocycles. The van der Waals surface area contributed by atoms with Gasteiger partial charge in [0.15, 0.2) is 0 Å². The van der Waals surface area contributed by atoms with Crippen molar-refractivity contribution in [2.45, 2.75) is 64.5 Å². The van der Waals surface area contributed by atoms with Crippen molar-refractivity contribution < 1.29 is 0 Å². The molecule has 0 aromatic carbocycles. The van der Waals surface area contributed by atoms with Gasteiger partial charge in [0, 0.05) is 31.2 Å². The van der Waals surface area contributed by atoms with E-state index >= 15 is 0 Å². The van der Waals surface area contributed by atoms with Crippen molar-refractivity contribution in [1.82, 2.24) is 9.80 Å². The second-order valence-electron chi connectivity index (χ2n) is 5.84. The van der Waals surface area contributed by atoms with Crippen LogP contribution in [0.2, 0.25) is 0 Å². The van der Waals surface area contributed by atoms with Gasteiger partial charge >= 0.3 is 0 Å². The number of piperidine rings is 1. The fraction of sp³-hybridized carbons (Fsp3) is 1.00. The number of hydrogen-bond donors (Lipinski definition) is 0. The maximum atomic E-state index is 2.76. The molecule has 0 spiro atoms. The van der Waals surface area contributed by atoms with E-state index in [-0.39, 0.29) is 0 Å². The Morgan fingerprint density at radius 3 is 2.50 bits per heavy atom. The number of nitrogens with zero attached hydrogens (tertiary/aromatic N) is 2. The Balaban J connectivity index is 1.98. The highest BCUT2D eigenvalue weighted by Gasteiger charge is 2.36. The van der Waals surface area contributed by atoms with Crippen LogP contribution in [0, 0.1) is 0 Å². The quantitative estimate of drug-likeness (QED) is 0.727. The van der Waals surface area contributed by atoms with Crippen LogP contribution in [0.15, 0.2) is 0 Å². The number of piperazine rings is 1. The largest absolute Gasteiger partial charge is 0.298 e. The summed E-state index contributed by atoms with van der Waals surface area (Å²) in [5, 5.41) is 0. The summed E-state index contributed by atoms with van der Waals surface area (Å²) < 4.78 is 0. The van der Waals surface area contributed by atoms with Crippen molar-refractivity contribution in [2.24, 2.45) is 0 Å². The van der Waals surface area contributed by atoms with Crippen LogP contribution in [0.25, 0.3) is 0 Å². The Morgan fingerprint density at radius 2 is 1.81 bits per heavy atom. The second kappa shape index (κ2) is 5.05. The molecule has 94 valence electrons. The van der Waals surface area contributed by atoms with Crippen molar-refractivity contribution in [3.05, 3.63) is 0 Å². The average molecular weight is 224 g/mol. The smallest absolute Gasteiger partial charge is 0.0223 e.